The summed E-state index contributed by atoms with van der Waals surface area (Å²) in [6.45, 7) is 0.733. The van der Waals surface area contributed by atoms with Crippen molar-refractivity contribution in [2.45, 2.75) is 6.54 Å². The first-order valence-corrected chi connectivity index (χ1v) is 6.68. The lowest BCUT2D eigenvalue weighted by Crippen LogP contribution is -2.06. The van der Waals surface area contributed by atoms with E-state index < -0.39 is 0 Å². The number of hydrogen-bond acceptors (Lipinski definition) is 4. The van der Waals surface area contributed by atoms with Crippen molar-refractivity contribution in [3.05, 3.63) is 47.5 Å². The molecule has 110 valence electrons. The van der Waals surface area contributed by atoms with Gasteiger partial charge in [-0.3, -0.25) is 4.79 Å². The number of rotatable bonds is 6. The molecule has 0 aliphatic carbocycles. The number of benzene rings is 2. The van der Waals surface area contributed by atoms with Crippen molar-refractivity contribution in [1.82, 2.24) is 5.32 Å². The summed E-state index contributed by atoms with van der Waals surface area (Å²) in [6, 6.07) is 11.3. The zero-order chi connectivity index (χ0) is 15.2. The third-order valence-corrected chi connectivity index (χ3v) is 3.28. The van der Waals surface area contributed by atoms with Crippen molar-refractivity contribution < 1.29 is 14.3 Å². The lowest BCUT2D eigenvalue weighted by atomic mass is 10.00. The maximum Gasteiger partial charge on any atom is 0.150 e. The standard InChI is InChI=1S/C17H19NO3/c1-18-10-13-8-15(20-2)17(16(9-13)21-3)14-6-4-12(11-19)5-7-14/h4-9,11,18H,10H2,1-3H3. The van der Waals surface area contributed by atoms with Gasteiger partial charge in [0, 0.05) is 12.1 Å². The van der Waals surface area contributed by atoms with E-state index >= 15 is 0 Å². The van der Waals surface area contributed by atoms with Gasteiger partial charge in [-0.05, 0) is 30.3 Å². The fourth-order valence-electron chi connectivity index (χ4n) is 2.29. The van der Waals surface area contributed by atoms with E-state index in [1.54, 1.807) is 26.4 Å². The van der Waals surface area contributed by atoms with Crippen molar-refractivity contribution in [2.24, 2.45) is 0 Å². The zero-order valence-corrected chi connectivity index (χ0v) is 12.5. The average molecular weight is 285 g/mol. The molecule has 0 aromatic heterocycles. The molecule has 0 aliphatic heterocycles. The summed E-state index contributed by atoms with van der Waals surface area (Å²) in [5, 5.41) is 3.11. The van der Waals surface area contributed by atoms with Gasteiger partial charge < -0.3 is 14.8 Å². The van der Waals surface area contributed by atoms with Gasteiger partial charge in [-0.1, -0.05) is 24.3 Å². The summed E-state index contributed by atoms with van der Waals surface area (Å²) >= 11 is 0. The largest absolute Gasteiger partial charge is 0.496 e. The molecule has 2 rings (SSSR count). The van der Waals surface area contributed by atoms with E-state index in [4.69, 9.17) is 9.47 Å². The van der Waals surface area contributed by atoms with Gasteiger partial charge in [0.15, 0.2) is 0 Å². The summed E-state index contributed by atoms with van der Waals surface area (Å²) < 4.78 is 11.0. The number of aldehydes is 1. The second-order valence-corrected chi connectivity index (χ2v) is 4.65. The molecule has 0 radical (unpaired) electrons. The minimum absolute atomic E-state index is 0.642. The number of ether oxygens (including phenoxy) is 2. The fourth-order valence-corrected chi connectivity index (χ4v) is 2.29. The van der Waals surface area contributed by atoms with Crippen molar-refractivity contribution in [3.8, 4) is 22.6 Å². The molecule has 0 unspecified atom stereocenters. The van der Waals surface area contributed by atoms with Crippen LogP contribution in [0.3, 0.4) is 0 Å². The Bertz CT molecular complexity index is 595. The Morgan fingerprint density at radius 3 is 2.05 bits per heavy atom. The molecule has 2 aromatic rings. The SMILES string of the molecule is CNCc1cc(OC)c(-c2ccc(C=O)cc2)c(OC)c1. The molecular formula is C17H19NO3. The van der Waals surface area contributed by atoms with Crippen molar-refractivity contribution in [1.29, 1.82) is 0 Å². The number of nitrogens with one attached hydrogen (secondary N) is 1. The van der Waals surface area contributed by atoms with E-state index in [-0.39, 0.29) is 0 Å². The van der Waals surface area contributed by atoms with Crippen LogP contribution < -0.4 is 14.8 Å². The maximum atomic E-state index is 10.8. The lowest BCUT2D eigenvalue weighted by Gasteiger charge is -2.16. The number of carbonyl (C=O) groups is 1. The van der Waals surface area contributed by atoms with Crippen LogP contribution in [0.15, 0.2) is 36.4 Å². The Morgan fingerprint density at radius 2 is 1.62 bits per heavy atom. The second-order valence-electron chi connectivity index (χ2n) is 4.65. The Labute approximate surface area is 124 Å². The molecule has 0 atom stereocenters. The third kappa shape index (κ3) is 3.23. The van der Waals surface area contributed by atoms with Crippen LogP contribution in [0.4, 0.5) is 0 Å². The van der Waals surface area contributed by atoms with Gasteiger partial charge in [0.1, 0.15) is 17.8 Å². The van der Waals surface area contributed by atoms with Crippen LogP contribution in [0.1, 0.15) is 15.9 Å². The van der Waals surface area contributed by atoms with Gasteiger partial charge in [0.05, 0.1) is 19.8 Å². The minimum Gasteiger partial charge on any atom is -0.496 e. The van der Waals surface area contributed by atoms with E-state index in [0.29, 0.717) is 5.56 Å². The quantitative estimate of drug-likeness (QED) is 0.829. The zero-order valence-electron chi connectivity index (χ0n) is 12.5. The number of hydrogen-bond donors (Lipinski definition) is 1. The molecule has 0 fully saturated rings. The first-order chi connectivity index (χ1) is 10.2. The van der Waals surface area contributed by atoms with Crippen LogP contribution >= 0.6 is 0 Å². The van der Waals surface area contributed by atoms with E-state index in [0.717, 1.165) is 41.0 Å². The van der Waals surface area contributed by atoms with Gasteiger partial charge in [0.25, 0.3) is 0 Å². The summed E-state index contributed by atoms with van der Waals surface area (Å²) in [7, 11) is 5.17. The van der Waals surface area contributed by atoms with Crippen LogP contribution in [0.5, 0.6) is 11.5 Å². The second kappa shape index (κ2) is 6.90. The van der Waals surface area contributed by atoms with E-state index in [9.17, 15) is 4.79 Å². The molecule has 4 nitrogen and oxygen atoms in total. The molecule has 21 heavy (non-hydrogen) atoms. The number of carbonyl (C=O) groups excluding carboxylic acids is 1. The van der Waals surface area contributed by atoms with E-state index in [1.165, 1.54) is 0 Å². The minimum atomic E-state index is 0.642. The summed E-state index contributed by atoms with van der Waals surface area (Å²) in [6.07, 6.45) is 0.828. The van der Waals surface area contributed by atoms with Crippen molar-refractivity contribution >= 4 is 6.29 Å². The molecule has 0 spiro atoms. The molecule has 1 N–H and O–H groups in total. The van der Waals surface area contributed by atoms with Gasteiger partial charge in [-0.2, -0.15) is 0 Å². The van der Waals surface area contributed by atoms with Crippen LogP contribution in [-0.4, -0.2) is 27.6 Å². The topological polar surface area (TPSA) is 47.6 Å². The fraction of sp³-hybridized carbons (Fsp3) is 0.235. The third-order valence-electron chi connectivity index (χ3n) is 3.28. The molecule has 4 heteroatoms. The highest BCUT2D eigenvalue weighted by Gasteiger charge is 2.14. The Kier molecular flexibility index (Phi) is 4.95. The monoisotopic (exact) mass is 285 g/mol. The predicted molar refractivity (Wildman–Crippen MR) is 83.1 cm³/mol. The summed E-state index contributed by atoms with van der Waals surface area (Å²) in [4.78, 5) is 10.8. The van der Waals surface area contributed by atoms with Gasteiger partial charge >= 0.3 is 0 Å². The molecule has 2 aromatic carbocycles. The smallest absolute Gasteiger partial charge is 0.150 e. The van der Waals surface area contributed by atoms with Crippen LogP contribution in [0, 0.1) is 0 Å². The molecule has 0 saturated carbocycles. The normalized spacial score (nSPS) is 10.2. The first-order valence-electron chi connectivity index (χ1n) is 6.68. The maximum absolute atomic E-state index is 10.8. The highest BCUT2D eigenvalue weighted by atomic mass is 16.5. The molecular weight excluding hydrogens is 266 g/mol. The van der Waals surface area contributed by atoms with Crippen LogP contribution in [-0.2, 0) is 6.54 Å². The highest BCUT2D eigenvalue weighted by molar-refractivity contribution is 5.81. The van der Waals surface area contributed by atoms with Crippen molar-refractivity contribution in [3.63, 3.8) is 0 Å². The van der Waals surface area contributed by atoms with E-state index in [1.807, 2.05) is 31.3 Å². The molecule has 0 saturated heterocycles. The predicted octanol–water partition coefficient (Wildman–Crippen LogP) is 2.90. The lowest BCUT2D eigenvalue weighted by molar-refractivity contribution is 0.112. The Hall–Kier alpha value is -2.33. The van der Waals surface area contributed by atoms with Gasteiger partial charge in [-0.25, -0.2) is 0 Å². The molecule has 0 bridgehead atoms. The Morgan fingerprint density at radius 1 is 1.05 bits per heavy atom. The van der Waals surface area contributed by atoms with Crippen LogP contribution in [0.25, 0.3) is 11.1 Å². The first kappa shape index (κ1) is 15.1. The summed E-state index contributed by atoms with van der Waals surface area (Å²) in [5.74, 6) is 1.50. The molecule has 0 amide bonds. The summed E-state index contributed by atoms with van der Waals surface area (Å²) in [5.41, 5.74) is 3.56. The van der Waals surface area contributed by atoms with Gasteiger partial charge in [0.2, 0.25) is 0 Å². The highest BCUT2D eigenvalue weighted by Crippen LogP contribution is 2.39. The van der Waals surface area contributed by atoms with Crippen molar-refractivity contribution in [2.75, 3.05) is 21.3 Å². The van der Waals surface area contributed by atoms with E-state index in [2.05, 4.69) is 5.32 Å². The molecule has 0 heterocycles. The van der Waals surface area contributed by atoms with Crippen LogP contribution in [0.2, 0.25) is 0 Å². The molecule has 0 aliphatic rings. The average Bonchev–Trinajstić information content (AvgIpc) is 2.54. The Balaban J connectivity index is 2.56. The van der Waals surface area contributed by atoms with Gasteiger partial charge in [-0.15, -0.1) is 0 Å². The number of methoxy groups -OCH3 is 2.